The molecule has 0 bridgehead atoms. The molecule has 1 aromatic carbocycles. The first-order valence-electron chi connectivity index (χ1n) is 6.13. The van der Waals surface area contributed by atoms with Crippen molar-refractivity contribution in [1.82, 2.24) is 5.32 Å². The SMILES string of the molecule is O=C(CCNC(=O)c1cccs1)Nc1cc(Br)ccc1Br. The molecule has 1 aromatic heterocycles. The summed E-state index contributed by atoms with van der Waals surface area (Å²) in [5.74, 6) is -0.304. The molecule has 7 heteroatoms. The minimum absolute atomic E-state index is 0.151. The van der Waals surface area contributed by atoms with Gasteiger partial charge in [0, 0.05) is 21.9 Å². The first kappa shape index (κ1) is 16.2. The molecule has 21 heavy (non-hydrogen) atoms. The fourth-order valence-electron chi connectivity index (χ4n) is 1.59. The average Bonchev–Trinajstić information content (AvgIpc) is 2.97. The van der Waals surface area contributed by atoms with E-state index in [4.69, 9.17) is 0 Å². The Morgan fingerprint density at radius 2 is 2.00 bits per heavy atom. The maximum absolute atomic E-state index is 11.8. The molecule has 0 saturated heterocycles. The van der Waals surface area contributed by atoms with Crippen molar-refractivity contribution in [3.63, 3.8) is 0 Å². The van der Waals surface area contributed by atoms with Gasteiger partial charge in [-0.3, -0.25) is 9.59 Å². The van der Waals surface area contributed by atoms with Gasteiger partial charge in [-0.1, -0.05) is 22.0 Å². The second-order valence-electron chi connectivity index (χ2n) is 4.16. The molecule has 2 N–H and O–H groups in total. The van der Waals surface area contributed by atoms with Crippen molar-refractivity contribution < 1.29 is 9.59 Å². The van der Waals surface area contributed by atoms with Gasteiger partial charge in [-0.2, -0.15) is 0 Å². The Morgan fingerprint density at radius 3 is 2.71 bits per heavy atom. The molecular weight excluding hydrogens is 420 g/mol. The maximum Gasteiger partial charge on any atom is 0.261 e. The van der Waals surface area contributed by atoms with E-state index in [1.165, 1.54) is 11.3 Å². The number of rotatable bonds is 5. The van der Waals surface area contributed by atoms with Crippen LogP contribution in [0.25, 0.3) is 0 Å². The lowest BCUT2D eigenvalue weighted by Gasteiger charge is -2.08. The number of amides is 2. The lowest BCUT2D eigenvalue weighted by atomic mass is 10.3. The molecular formula is C14H12Br2N2O2S. The van der Waals surface area contributed by atoms with E-state index in [9.17, 15) is 9.59 Å². The zero-order chi connectivity index (χ0) is 15.2. The van der Waals surface area contributed by atoms with E-state index in [1.807, 2.05) is 29.6 Å². The Morgan fingerprint density at radius 1 is 1.19 bits per heavy atom. The van der Waals surface area contributed by atoms with Crippen LogP contribution < -0.4 is 10.6 Å². The summed E-state index contributed by atoms with van der Waals surface area (Å²) in [4.78, 5) is 24.2. The standard InChI is InChI=1S/C14H12Br2N2O2S/c15-9-3-4-10(16)11(8-9)18-13(19)5-6-17-14(20)12-2-1-7-21-12/h1-4,7-8H,5-6H2,(H,17,20)(H,18,19). The number of thiophene rings is 1. The molecule has 2 amide bonds. The number of carbonyl (C=O) groups excluding carboxylic acids is 2. The topological polar surface area (TPSA) is 58.2 Å². The molecule has 110 valence electrons. The van der Waals surface area contributed by atoms with Gasteiger partial charge in [-0.25, -0.2) is 0 Å². The van der Waals surface area contributed by atoms with E-state index >= 15 is 0 Å². The summed E-state index contributed by atoms with van der Waals surface area (Å²) in [6, 6.07) is 9.10. The second kappa shape index (κ2) is 7.72. The van der Waals surface area contributed by atoms with Crippen molar-refractivity contribution in [2.75, 3.05) is 11.9 Å². The van der Waals surface area contributed by atoms with Crippen LogP contribution in [-0.4, -0.2) is 18.4 Å². The fourth-order valence-corrected chi connectivity index (χ4v) is 2.94. The maximum atomic E-state index is 11.8. The van der Waals surface area contributed by atoms with Crippen LogP contribution in [0.2, 0.25) is 0 Å². The Labute approximate surface area is 143 Å². The number of hydrogen-bond donors (Lipinski definition) is 2. The summed E-state index contributed by atoms with van der Waals surface area (Å²) in [6.45, 7) is 0.300. The first-order chi connectivity index (χ1) is 10.1. The van der Waals surface area contributed by atoms with Crippen LogP contribution in [0, 0.1) is 0 Å². The number of halogens is 2. The quantitative estimate of drug-likeness (QED) is 0.750. The summed E-state index contributed by atoms with van der Waals surface area (Å²) < 4.78 is 1.69. The fraction of sp³-hybridized carbons (Fsp3) is 0.143. The third kappa shape index (κ3) is 4.94. The van der Waals surface area contributed by atoms with Crippen molar-refractivity contribution >= 4 is 60.7 Å². The molecule has 0 spiro atoms. The van der Waals surface area contributed by atoms with Crippen LogP contribution in [0.5, 0.6) is 0 Å². The molecule has 0 aliphatic carbocycles. The molecule has 2 aromatic rings. The Balaban J connectivity index is 1.80. The molecule has 0 aliphatic heterocycles. The molecule has 0 radical (unpaired) electrons. The largest absolute Gasteiger partial charge is 0.351 e. The van der Waals surface area contributed by atoms with E-state index in [-0.39, 0.29) is 18.2 Å². The normalized spacial score (nSPS) is 10.2. The third-order valence-electron chi connectivity index (χ3n) is 2.59. The summed E-state index contributed by atoms with van der Waals surface area (Å²) >= 11 is 8.10. The molecule has 0 unspecified atom stereocenters. The number of benzene rings is 1. The monoisotopic (exact) mass is 430 g/mol. The predicted octanol–water partition coefficient (Wildman–Crippen LogP) is 4.03. The summed E-state index contributed by atoms with van der Waals surface area (Å²) in [5.41, 5.74) is 0.693. The first-order valence-corrected chi connectivity index (χ1v) is 8.59. The van der Waals surface area contributed by atoms with Gasteiger partial charge in [0.2, 0.25) is 5.91 Å². The number of hydrogen-bond acceptors (Lipinski definition) is 3. The van der Waals surface area contributed by atoms with Gasteiger partial charge in [0.1, 0.15) is 0 Å². The van der Waals surface area contributed by atoms with E-state index in [2.05, 4.69) is 42.5 Å². The molecule has 0 aliphatic rings. The highest BCUT2D eigenvalue weighted by atomic mass is 79.9. The highest BCUT2D eigenvalue weighted by Crippen LogP contribution is 2.26. The average molecular weight is 432 g/mol. The predicted molar refractivity (Wildman–Crippen MR) is 91.7 cm³/mol. The number of anilines is 1. The summed E-state index contributed by atoms with van der Waals surface area (Å²) in [5, 5.41) is 7.35. The van der Waals surface area contributed by atoms with E-state index in [1.54, 1.807) is 6.07 Å². The van der Waals surface area contributed by atoms with Crippen molar-refractivity contribution in [2.45, 2.75) is 6.42 Å². The second-order valence-corrected chi connectivity index (χ2v) is 6.87. The zero-order valence-electron chi connectivity index (χ0n) is 10.9. The van der Waals surface area contributed by atoms with Crippen molar-refractivity contribution in [1.29, 1.82) is 0 Å². The van der Waals surface area contributed by atoms with Crippen molar-refractivity contribution in [3.05, 3.63) is 49.5 Å². The van der Waals surface area contributed by atoms with Gasteiger partial charge in [-0.05, 0) is 45.6 Å². The molecule has 2 rings (SSSR count). The summed E-state index contributed by atoms with van der Waals surface area (Å²) in [7, 11) is 0. The molecule has 1 heterocycles. The Bertz CT molecular complexity index is 644. The minimum Gasteiger partial charge on any atom is -0.351 e. The third-order valence-corrected chi connectivity index (χ3v) is 4.64. The van der Waals surface area contributed by atoms with Crippen LogP contribution in [0.3, 0.4) is 0 Å². The van der Waals surface area contributed by atoms with Gasteiger partial charge in [0.05, 0.1) is 10.6 Å². The molecule has 0 fully saturated rings. The van der Waals surface area contributed by atoms with E-state index < -0.39 is 0 Å². The molecule has 0 saturated carbocycles. The van der Waals surface area contributed by atoms with Crippen molar-refractivity contribution in [3.8, 4) is 0 Å². The van der Waals surface area contributed by atoms with Crippen LogP contribution in [-0.2, 0) is 4.79 Å². The zero-order valence-corrected chi connectivity index (χ0v) is 14.8. The van der Waals surface area contributed by atoms with Crippen LogP contribution in [0.15, 0.2) is 44.7 Å². The van der Waals surface area contributed by atoms with Crippen LogP contribution in [0.4, 0.5) is 5.69 Å². The lowest BCUT2D eigenvalue weighted by Crippen LogP contribution is -2.27. The minimum atomic E-state index is -0.153. The Hall–Kier alpha value is -1.18. The smallest absolute Gasteiger partial charge is 0.261 e. The highest BCUT2D eigenvalue weighted by molar-refractivity contribution is 9.11. The van der Waals surface area contributed by atoms with E-state index in [0.717, 1.165) is 8.95 Å². The summed E-state index contributed by atoms with van der Waals surface area (Å²) in [6.07, 6.45) is 0.218. The van der Waals surface area contributed by atoms with Gasteiger partial charge < -0.3 is 10.6 Å². The molecule has 4 nitrogen and oxygen atoms in total. The van der Waals surface area contributed by atoms with Gasteiger partial charge in [-0.15, -0.1) is 11.3 Å². The van der Waals surface area contributed by atoms with Gasteiger partial charge in [0.15, 0.2) is 0 Å². The van der Waals surface area contributed by atoms with Crippen LogP contribution in [0.1, 0.15) is 16.1 Å². The van der Waals surface area contributed by atoms with Gasteiger partial charge in [0.25, 0.3) is 5.91 Å². The Kier molecular flexibility index (Phi) is 5.96. The lowest BCUT2D eigenvalue weighted by molar-refractivity contribution is -0.116. The van der Waals surface area contributed by atoms with Gasteiger partial charge >= 0.3 is 0 Å². The molecule has 0 atom stereocenters. The number of carbonyl (C=O) groups is 2. The number of nitrogens with one attached hydrogen (secondary N) is 2. The van der Waals surface area contributed by atoms with E-state index in [0.29, 0.717) is 17.1 Å². The van der Waals surface area contributed by atoms with Crippen molar-refractivity contribution in [2.24, 2.45) is 0 Å². The van der Waals surface area contributed by atoms with Crippen LogP contribution >= 0.6 is 43.2 Å². The highest BCUT2D eigenvalue weighted by Gasteiger charge is 2.09.